The molecule has 1 atom stereocenters. The molecule has 0 unspecified atom stereocenters. The van der Waals surface area contributed by atoms with E-state index in [0.29, 0.717) is 30.8 Å². The number of hydrogen-bond acceptors (Lipinski definition) is 6. The van der Waals surface area contributed by atoms with Crippen molar-refractivity contribution in [2.45, 2.75) is 31.2 Å². The zero-order valence-corrected chi connectivity index (χ0v) is 17.0. The van der Waals surface area contributed by atoms with Gasteiger partial charge in [-0.05, 0) is 49.7 Å². The van der Waals surface area contributed by atoms with Gasteiger partial charge in [0, 0.05) is 42.5 Å². The maximum atomic E-state index is 12.2. The lowest BCUT2D eigenvalue weighted by Gasteiger charge is -2.12. The number of hydrogen-bond donors (Lipinski definition) is 3. The summed E-state index contributed by atoms with van der Waals surface area (Å²) in [6.45, 7) is 4.42. The molecule has 0 aliphatic carbocycles. The van der Waals surface area contributed by atoms with Gasteiger partial charge in [-0.15, -0.1) is 0 Å². The first-order valence-electron chi connectivity index (χ1n) is 9.12. The molecule has 0 radical (unpaired) electrons. The van der Waals surface area contributed by atoms with Crippen LogP contribution in [0.4, 0.5) is 11.4 Å². The smallest absolute Gasteiger partial charge is 0.269 e. The molecular formula is C19H24N4O5S. The number of sulfonamides is 1. The molecule has 0 aliphatic rings. The van der Waals surface area contributed by atoms with Crippen molar-refractivity contribution in [3.8, 4) is 0 Å². The lowest BCUT2D eigenvalue weighted by molar-refractivity contribution is -0.384. The molecular weight excluding hydrogens is 396 g/mol. The van der Waals surface area contributed by atoms with Crippen LogP contribution in [0.25, 0.3) is 0 Å². The lowest BCUT2D eigenvalue weighted by Crippen LogP contribution is -2.32. The molecule has 0 aliphatic heterocycles. The summed E-state index contributed by atoms with van der Waals surface area (Å²) in [5, 5.41) is 16.4. The standard InChI is InChI=1S/C19H24N4O5S/c1-3-14(2)22-29(27,28)18-10-4-15(5-11-18)19(24)21-13-12-20-16-6-8-17(9-7-16)23(25)26/h4-11,14,20,22H,3,12-13H2,1-2H3,(H,21,24)/t14-/m0/s1. The Kier molecular flexibility index (Phi) is 7.68. The van der Waals surface area contributed by atoms with Gasteiger partial charge in [0.15, 0.2) is 0 Å². The highest BCUT2D eigenvalue weighted by molar-refractivity contribution is 7.89. The number of carbonyl (C=O) groups excluding carboxylic acids is 1. The number of benzene rings is 2. The monoisotopic (exact) mass is 420 g/mol. The summed E-state index contributed by atoms with van der Waals surface area (Å²) in [4.78, 5) is 22.4. The fourth-order valence-electron chi connectivity index (χ4n) is 2.39. The lowest BCUT2D eigenvalue weighted by atomic mass is 10.2. The second kappa shape index (κ2) is 9.99. The van der Waals surface area contributed by atoms with E-state index >= 15 is 0 Å². The summed E-state index contributed by atoms with van der Waals surface area (Å²) in [5.41, 5.74) is 1.06. The van der Waals surface area contributed by atoms with Gasteiger partial charge in [0.25, 0.3) is 11.6 Å². The van der Waals surface area contributed by atoms with E-state index in [0.717, 1.165) is 0 Å². The number of anilines is 1. The Hall–Kier alpha value is -2.98. The first kappa shape index (κ1) is 22.3. The Morgan fingerprint density at radius 3 is 2.24 bits per heavy atom. The minimum absolute atomic E-state index is 0.00802. The molecule has 0 saturated heterocycles. The van der Waals surface area contributed by atoms with E-state index in [4.69, 9.17) is 0 Å². The van der Waals surface area contributed by atoms with Gasteiger partial charge in [0.2, 0.25) is 10.0 Å². The van der Waals surface area contributed by atoms with Crippen LogP contribution in [-0.2, 0) is 10.0 Å². The maximum Gasteiger partial charge on any atom is 0.269 e. The van der Waals surface area contributed by atoms with Gasteiger partial charge in [0.05, 0.1) is 9.82 Å². The SMILES string of the molecule is CC[C@H](C)NS(=O)(=O)c1ccc(C(=O)NCCNc2ccc([N+](=O)[O-])cc2)cc1. The van der Waals surface area contributed by atoms with Crippen LogP contribution in [0.1, 0.15) is 30.6 Å². The Labute approximate surface area is 169 Å². The van der Waals surface area contributed by atoms with Gasteiger partial charge in [-0.2, -0.15) is 0 Å². The van der Waals surface area contributed by atoms with E-state index in [1.807, 2.05) is 6.92 Å². The van der Waals surface area contributed by atoms with Crippen molar-refractivity contribution in [3.63, 3.8) is 0 Å². The molecule has 156 valence electrons. The average Bonchev–Trinajstić information content (AvgIpc) is 2.71. The van der Waals surface area contributed by atoms with Crippen molar-refractivity contribution in [3.05, 3.63) is 64.2 Å². The van der Waals surface area contributed by atoms with Gasteiger partial charge in [-0.25, -0.2) is 13.1 Å². The zero-order chi connectivity index (χ0) is 21.4. The fourth-order valence-corrected chi connectivity index (χ4v) is 3.71. The van der Waals surface area contributed by atoms with Crippen LogP contribution < -0.4 is 15.4 Å². The molecule has 2 rings (SSSR count). The first-order chi connectivity index (χ1) is 13.7. The number of nitro groups is 1. The Bertz CT molecular complexity index is 944. The van der Waals surface area contributed by atoms with Crippen molar-refractivity contribution in [2.75, 3.05) is 18.4 Å². The van der Waals surface area contributed by atoms with E-state index < -0.39 is 14.9 Å². The van der Waals surface area contributed by atoms with Crippen LogP contribution in [-0.4, -0.2) is 38.4 Å². The van der Waals surface area contributed by atoms with Gasteiger partial charge < -0.3 is 10.6 Å². The third-order valence-corrected chi connectivity index (χ3v) is 5.82. The largest absolute Gasteiger partial charge is 0.383 e. The topological polar surface area (TPSA) is 130 Å². The van der Waals surface area contributed by atoms with Crippen LogP contribution >= 0.6 is 0 Å². The highest BCUT2D eigenvalue weighted by Gasteiger charge is 2.17. The normalized spacial score (nSPS) is 12.2. The van der Waals surface area contributed by atoms with Crippen molar-refractivity contribution in [2.24, 2.45) is 0 Å². The molecule has 0 saturated carbocycles. The fraction of sp³-hybridized carbons (Fsp3) is 0.316. The van der Waals surface area contributed by atoms with Crippen LogP contribution in [0.15, 0.2) is 53.4 Å². The molecule has 0 heterocycles. The number of nitrogens with one attached hydrogen (secondary N) is 3. The maximum absolute atomic E-state index is 12.2. The van der Waals surface area contributed by atoms with E-state index in [-0.39, 0.29) is 22.5 Å². The molecule has 29 heavy (non-hydrogen) atoms. The minimum atomic E-state index is -3.61. The van der Waals surface area contributed by atoms with Gasteiger partial charge in [-0.3, -0.25) is 14.9 Å². The highest BCUT2D eigenvalue weighted by Crippen LogP contribution is 2.15. The van der Waals surface area contributed by atoms with E-state index in [1.165, 1.54) is 36.4 Å². The number of rotatable bonds is 10. The molecule has 1 amide bonds. The molecule has 10 heteroatoms. The van der Waals surface area contributed by atoms with Crippen molar-refractivity contribution >= 4 is 27.3 Å². The predicted molar refractivity (Wildman–Crippen MR) is 110 cm³/mol. The molecule has 3 N–H and O–H groups in total. The summed E-state index contributed by atoms with van der Waals surface area (Å²) in [6, 6.07) is 11.5. The van der Waals surface area contributed by atoms with E-state index in [9.17, 15) is 23.3 Å². The minimum Gasteiger partial charge on any atom is -0.383 e. The van der Waals surface area contributed by atoms with Gasteiger partial charge in [-0.1, -0.05) is 6.92 Å². The summed E-state index contributed by atoms with van der Waals surface area (Å²) in [5.74, 6) is -0.325. The van der Waals surface area contributed by atoms with Gasteiger partial charge in [0.1, 0.15) is 0 Å². The number of non-ortho nitro benzene ring substituents is 1. The number of nitrogens with zero attached hydrogens (tertiary/aromatic N) is 1. The summed E-state index contributed by atoms with van der Waals surface area (Å²) < 4.78 is 27.0. The molecule has 0 fully saturated rings. The third-order valence-electron chi connectivity index (χ3n) is 4.21. The van der Waals surface area contributed by atoms with Crippen LogP contribution in [0.3, 0.4) is 0 Å². The van der Waals surface area contributed by atoms with Crippen LogP contribution in [0.2, 0.25) is 0 Å². The Morgan fingerprint density at radius 1 is 1.07 bits per heavy atom. The van der Waals surface area contributed by atoms with Crippen molar-refractivity contribution in [1.29, 1.82) is 0 Å². The first-order valence-corrected chi connectivity index (χ1v) is 10.6. The van der Waals surface area contributed by atoms with Crippen LogP contribution in [0, 0.1) is 10.1 Å². The zero-order valence-electron chi connectivity index (χ0n) is 16.2. The van der Waals surface area contributed by atoms with Gasteiger partial charge >= 0.3 is 0 Å². The second-order valence-electron chi connectivity index (χ2n) is 6.44. The highest BCUT2D eigenvalue weighted by atomic mass is 32.2. The molecule has 2 aromatic rings. The molecule has 0 bridgehead atoms. The van der Waals surface area contributed by atoms with Crippen LogP contribution in [0.5, 0.6) is 0 Å². The second-order valence-corrected chi connectivity index (χ2v) is 8.16. The third kappa shape index (κ3) is 6.54. The quantitative estimate of drug-likeness (QED) is 0.308. The molecule has 2 aromatic carbocycles. The van der Waals surface area contributed by atoms with Crippen molar-refractivity contribution in [1.82, 2.24) is 10.0 Å². The summed E-state index contributed by atoms with van der Waals surface area (Å²) in [6.07, 6.45) is 0.674. The summed E-state index contributed by atoms with van der Waals surface area (Å²) in [7, 11) is -3.61. The van der Waals surface area contributed by atoms with E-state index in [2.05, 4.69) is 15.4 Å². The average molecular weight is 420 g/mol. The summed E-state index contributed by atoms with van der Waals surface area (Å²) >= 11 is 0. The number of amides is 1. The Balaban J connectivity index is 1.84. The molecule has 0 aromatic heterocycles. The Morgan fingerprint density at radius 2 is 1.69 bits per heavy atom. The number of carbonyl (C=O) groups is 1. The molecule has 9 nitrogen and oxygen atoms in total. The number of nitro benzene ring substituents is 1. The molecule has 0 spiro atoms. The van der Waals surface area contributed by atoms with E-state index in [1.54, 1.807) is 19.1 Å². The van der Waals surface area contributed by atoms with Crippen molar-refractivity contribution < 1.29 is 18.1 Å². The predicted octanol–water partition coefficient (Wildman–Crippen LogP) is 2.51.